The van der Waals surface area contributed by atoms with Crippen molar-refractivity contribution in [2.75, 3.05) is 19.6 Å². The number of nitrogens with one attached hydrogen (secondary N) is 1. The van der Waals surface area contributed by atoms with Crippen molar-refractivity contribution in [1.82, 2.24) is 10.2 Å². The number of likely N-dealkylation sites (tertiary alicyclic amines) is 1. The molecule has 0 radical (unpaired) electrons. The molecular weight excluding hydrogens is 196 g/mol. The van der Waals surface area contributed by atoms with Crippen LogP contribution in [0, 0.1) is 11.8 Å². The number of amides is 2. The first kappa shape index (κ1) is 11.8. The summed E-state index contributed by atoms with van der Waals surface area (Å²) in [7, 11) is 0. The number of urea groups is 1. The Morgan fingerprint density at radius 3 is 2.73 bits per heavy atom. The van der Waals surface area contributed by atoms with Crippen molar-refractivity contribution in [1.29, 1.82) is 0 Å². The molecule has 0 bridgehead atoms. The Hall–Kier alpha value is -1.26. The summed E-state index contributed by atoms with van der Waals surface area (Å²) >= 11 is 0. The summed E-state index contributed by atoms with van der Waals surface area (Å²) in [6.07, 6.45) is 1.03. The van der Waals surface area contributed by atoms with Gasteiger partial charge in [-0.05, 0) is 12.3 Å². The van der Waals surface area contributed by atoms with E-state index in [0.29, 0.717) is 5.92 Å². The Labute approximate surface area is 89.4 Å². The number of carboxylic acid groups (broad SMARTS) is 1. The van der Waals surface area contributed by atoms with Crippen molar-refractivity contribution >= 4 is 12.0 Å². The monoisotopic (exact) mass is 214 g/mol. The Morgan fingerprint density at radius 1 is 1.60 bits per heavy atom. The van der Waals surface area contributed by atoms with Crippen molar-refractivity contribution in [3.8, 4) is 0 Å². The summed E-state index contributed by atoms with van der Waals surface area (Å²) in [6.45, 7) is 5.42. The SMILES string of the molecule is CC1CCN(C(=O)NCC(C)C(=O)O)C1. The third-order valence-corrected chi connectivity index (χ3v) is 2.69. The molecule has 2 atom stereocenters. The van der Waals surface area contributed by atoms with Crippen LogP contribution in [0.5, 0.6) is 0 Å². The lowest BCUT2D eigenvalue weighted by atomic mass is 10.2. The quantitative estimate of drug-likeness (QED) is 0.728. The number of hydrogen-bond donors (Lipinski definition) is 2. The third-order valence-electron chi connectivity index (χ3n) is 2.69. The lowest BCUT2D eigenvalue weighted by Crippen LogP contribution is -2.41. The summed E-state index contributed by atoms with van der Waals surface area (Å²) in [5.41, 5.74) is 0. The molecule has 1 saturated heterocycles. The van der Waals surface area contributed by atoms with Gasteiger partial charge in [0.05, 0.1) is 5.92 Å². The van der Waals surface area contributed by atoms with Crippen molar-refractivity contribution in [3.05, 3.63) is 0 Å². The molecule has 15 heavy (non-hydrogen) atoms. The molecule has 1 aliphatic heterocycles. The molecule has 1 rings (SSSR count). The van der Waals surface area contributed by atoms with Crippen LogP contribution in [0.4, 0.5) is 4.79 Å². The van der Waals surface area contributed by atoms with Crippen molar-refractivity contribution < 1.29 is 14.7 Å². The lowest BCUT2D eigenvalue weighted by molar-refractivity contribution is -0.140. The number of aliphatic carboxylic acids is 1. The van der Waals surface area contributed by atoms with E-state index in [1.807, 2.05) is 0 Å². The van der Waals surface area contributed by atoms with Gasteiger partial charge in [0.25, 0.3) is 0 Å². The molecule has 0 aromatic carbocycles. The molecular formula is C10H18N2O3. The number of carbonyl (C=O) groups excluding carboxylic acids is 1. The summed E-state index contributed by atoms with van der Waals surface area (Å²) in [4.78, 5) is 23.8. The number of hydrogen-bond acceptors (Lipinski definition) is 2. The Balaban J connectivity index is 2.27. The van der Waals surface area contributed by atoms with Gasteiger partial charge in [0.1, 0.15) is 0 Å². The molecule has 2 unspecified atom stereocenters. The topological polar surface area (TPSA) is 69.6 Å². The van der Waals surface area contributed by atoms with Gasteiger partial charge in [-0.1, -0.05) is 13.8 Å². The van der Waals surface area contributed by atoms with Crippen LogP contribution in [-0.4, -0.2) is 41.6 Å². The van der Waals surface area contributed by atoms with E-state index in [2.05, 4.69) is 12.2 Å². The van der Waals surface area contributed by atoms with Crippen LogP contribution < -0.4 is 5.32 Å². The summed E-state index contributed by atoms with van der Waals surface area (Å²) < 4.78 is 0. The zero-order chi connectivity index (χ0) is 11.4. The molecule has 5 heteroatoms. The second-order valence-corrected chi connectivity index (χ2v) is 4.27. The van der Waals surface area contributed by atoms with E-state index in [4.69, 9.17) is 5.11 Å². The number of nitrogens with zero attached hydrogens (tertiary/aromatic N) is 1. The molecule has 0 spiro atoms. The second-order valence-electron chi connectivity index (χ2n) is 4.27. The maximum atomic E-state index is 11.5. The standard InChI is InChI=1S/C10H18N2O3/c1-7-3-4-12(6-7)10(15)11-5-8(2)9(13)14/h7-8H,3-6H2,1-2H3,(H,11,15)(H,13,14). The minimum Gasteiger partial charge on any atom is -0.481 e. The first-order valence-corrected chi connectivity index (χ1v) is 5.26. The third kappa shape index (κ3) is 3.42. The van der Waals surface area contributed by atoms with E-state index < -0.39 is 11.9 Å². The number of rotatable bonds is 3. The first-order chi connectivity index (χ1) is 7.00. The Kier molecular flexibility index (Phi) is 3.94. The number of carboxylic acids is 1. The zero-order valence-corrected chi connectivity index (χ0v) is 9.19. The van der Waals surface area contributed by atoms with Gasteiger partial charge in [-0.15, -0.1) is 0 Å². The largest absolute Gasteiger partial charge is 0.481 e. The van der Waals surface area contributed by atoms with Crippen LogP contribution >= 0.6 is 0 Å². The van der Waals surface area contributed by atoms with E-state index >= 15 is 0 Å². The molecule has 0 aliphatic carbocycles. The van der Waals surface area contributed by atoms with E-state index in [9.17, 15) is 9.59 Å². The molecule has 1 aliphatic rings. The van der Waals surface area contributed by atoms with E-state index in [1.165, 1.54) is 0 Å². The highest BCUT2D eigenvalue weighted by atomic mass is 16.4. The van der Waals surface area contributed by atoms with Gasteiger partial charge in [-0.2, -0.15) is 0 Å². The van der Waals surface area contributed by atoms with Gasteiger partial charge >= 0.3 is 12.0 Å². The van der Waals surface area contributed by atoms with Crippen LogP contribution in [-0.2, 0) is 4.79 Å². The predicted molar refractivity (Wildman–Crippen MR) is 55.6 cm³/mol. The lowest BCUT2D eigenvalue weighted by Gasteiger charge is -2.17. The smallest absolute Gasteiger partial charge is 0.317 e. The van der Waals surface area contributed by atoms with Crippen molar-refractivity contribution in [2.24, 2.45) is 11.8 Å². The highest BCUT2D eigenvalue weighted by Crippen LogP contribution is 2.14. The number of carbonyl (C=O) groups is 2. The van der Waals surface area contributed by atoms with Crippen LogP contribution in [0.3, 0.4) is 0 Å². The summed E-state index contributed by atoms with van der Waals surface area (Å²) in [6, 6.07) is -0.146. The average Bonchev–Trinajstić information content (AvgIpc) is 2.60. The summed E-state index contributed by atoms with van der Waals surface area (Å²) in [5, 5.41) is 11.3. The van der Waals surface area contributed by atoms with E-state index in [0.717, 1.165) is 19.5 Å². The predicted octanol–water partition coefficient (Wildman–Crippen LogP) is 0.759. The highest BCUT2D eigenvalue weighted by Gasteiger charge is 2.23. The van der Waals surface area contributed by atoms with Crippen LogP contribution in [0.15, 0.2) is 0 Å². The van der Waals surface area contributed by atoms with Crippen LogP contribution in [0.2, 0.25) is 0 Å². The molecule has 5 nitrogen and oxygen atoms in total. The van der Waals surface area contributed by atoms with Gasteiger partial charge < -0.3 is 15.3 Å². The van der Waals surface area contributed by atoms with Crippen molar-refractivity contribution in [3.63, 3.8) is 0 Å². The Bertz CT molecular complexity index is 255. The average molecular weight is 214 g/mol. The molecule has 0 saturated carbocycles. The molecule has 0 aromatic heterocycles. The molecule has 1 heterocycles. The molecule has 2 amide bonds. The van der Waals surface area contributed by atoms with Gasteiger partial charge in [0.15, 0.2) is 0 Å². The molecule has 1 fully saturated rings. The van der Waals surface area contributed by atoms with Gasteiger partial charge in [0, 0.05) is 19.6 Å². The molecule has 2 N–H and O–H groups in total. The van der Waals surface area contributed by atoms with Crippen LogP contribution in [0.25, 0.3) is 0 Å². The fourth-order valence-electron chi connectivity index (χ4n) is 1.56. The summed E-state index contributed by atoms with van der Waals surface area (Å²) in [5.74, 6) is -0.869. The first-order valence-electron chi connectivity index (χ1n) is 5.26. The fraction of sp³-hybridized carbons (Fsp3) is 0.800. The van der Waals surface area contributed by atoms with Gasteiger partial charge in [-0.25, -0.2) is 4.79 Å². The zero-order valence-electron chi connectivity index (χ0n) is 9.19. The van der Waals surface area contributed by atoms with Gasteiger partial charge in [-0.3, -0.25) is 4.79 Å². The maximum Gasteiger partial charge on any atom is 0.317 e. The van der Waals surface area contributed by atoms with Crippen LogP contribution in [0.1, 0.15) is 20.3 Å². The highest BCUT2D eigenvalue weighted by molar-refractivity contribution is 5.76. The van der Waals surface area contributed by atoms with Gasteiger partial charge in [0.2, 0.25) is 0 Å². The molecule has 0 aromatic rings. The minimum atomic E-state index is -0.884. The molecule has 86 valence electrons. The second kappa shape index (κ2) is 5.00. The maximum absolute atomic E-state index is 11.5. The fourth-order valence-corrected chi connectivity index (χ4v) is 1.56. The Morgan fingerprint density at radius 2 is 2.27 bits per heavy atom. The van der Waals surface area contributed by atoms with E-state index in [-0.39, 0.29) is 12.6 Å². The normalized spacial score (nSPS) is 22.5. The van der Waals surface area contributed by atoms with E-state index in [1.54, 1.807) is 11.8 Å². The van der Waals surface area contributed by atoms with Crippen molar-refractivity contribution in [2.45, 2.75) is 20.3 Å². The minimum absolute atomic E-state index is 0.146.